The standard InChI is InChI=1S/C18H21F3N4O.ClH/c19-18(20,21)15-6-2-1-4-13(15)11-23-17(26)12-25-16(7-9-24-25)14-5-3-8-22-10-14;/h1-2,4,6-7,9,14,22H,3,5,8,10-12H2,(H,23,26);1H. The molecule has 2 N–H and O–H groups in total. The molecule has 0 spiro atoms. The first-order valence-electron chi connectivity index (χ1n) is 8.59. The summed E-state index contributed by atoms with van der Waals surface area (Å²) in [7, 11) is 0. The van der Waals surface area contributed by atoms with Crippen LogP contribution in [0.3, 0.4) is 0 Å². The number of nitrogens with zero attached hydrogens (tertiary/aromatic N) is 2. The van der Waals surface area contributed by atoms with Crippen molar-refractivity contribution in [2.75, 3.05) is 13.1 Å². The van der Waals surface area contributed by atoms with Crippen molar-refractivity contribution in [3.63, 3.8) is 0 Å². The third kappa shape index (κ3) is 5.46. The van der Waals surface area contributed by atoms with E-state index >= 15 is 0 Å². The van der Waals surface area contributed by atoms with Gasteiger partial charge < -0.3 is 10.6 Å². The van der Waals surface area contributed by atoms with E-state index in [1.54, 1.807) is 10.9 Å². The van der Waals surface area contributed by atoms with E-state index in [2.05, 4.69) is 15.7 Å². The zero-order valence-corrected chi connectivity index (χ0v) is 15.4. The van der Waals surface area contributed by atoms with Crippen molar-refractivity contribution in [3.05, 3.63) is 53.3 Å². The summed E-state index contributed by atoms with van der Waals surface area (Å²) < 4.78 is 40.6. The maximum atomic E-state index is 13.0. The van der Waals surface area contributed by atoms with E-state index in [0.29, 0.717) is 5.92 Å². The fraction of sp³-hybridized carbons (Fsp3) is 0.444. The van der Waals surface area contributed by atoms with Gasteiger partial charge in [-0.2, -0.15) is 18.3 Å². The number of hydrogen-bond donors (Lipinski definition) is 2. The van der Waals surface area contributed by atoms with Gasteiger partial charge in [-0.25, -0.2) is 0 Å². The molecule has 27 heavy (non-hydrogen) atoms. The van der Waals surface area contributed by atoms with E-state index in [9.17, 15) is 18.0 Å². The monoisotopic (exact) mass is 402 g/mol. The molecule has 148 valence electrons. The van der Waals surface area contributed by atoms with E-state index in [0.717, 1.165) is 37.7 Å². The number of hydrogen-bond acceptors (Lipinski definition) is 3. The van der Waals surface area contributed by atoms with E-state index in [1.807, 2.05) is 6.07 Å². The van der Waals surface area contributed by atoms with Gasteiger partial charge in [-0.15, -0.1) is 12.4 Å². The Morgan fingerprint density at radius 1 is 1.30 bits per heavy atom. The topological polar surface area (TPSA) is 59.0 Å². The quantitative estimate of drug-likeness (QED) is 0.808. The maximum Gasteiger partial charge on any atom is 0.416 e. The molecule has 9 heteroatoms. The van der Waals surface area contributed by atoms with Crippen LogP contribution in [0.4, 0.5) is 13.2 Å². The van der Waals surface area contributed by atoms with Gasteiger partial charge in [-0.05, 0) is 37.1 Å². The van der Waals surface area contributed by atoms with Gasteiger partial charge in [-0.1, -0.05) is 18.2 Å². The minimum absolute atomic E-state index is 0. The summed E-state index contributed by atoms with van der Waals surface area (Å²) in [4.78, 5) is 12.2. The van der Waals surface area contributed by atoms with Crippen LogP contribution >= 0.6 is 12.4 Å². The lowest BCUT2D eigenvalue weighted by Gasteiger charge is -2.23. The van der Waals surface area contributed by atoms with Crippen LogP contribution in [0.25, 0.3) is 0 Å². The Kier molecular flexibility index (Phi) is 7.26. The highest BCUT2D eigenvalue weighted by atomic mass is 35.5. The van der Waals surface area contributed by atoms with Gasteiger partial charge in [0.1, 0.15) is 6.54 Å². The molecule has 2 heterocycles. The smallest absolute Gasteiger partial charge is 0.350 e. The second-order valence-corrected chi connectivity index (χ2v) is 6.39. The van der Waals surface area contributed by atoms with Gasteiger partial charge in [0.2, 0.25) is 5.91 Å². The molecule has 5 nitrogen and oxygen atoms in total. The van der Waals surface area contributed by atoms with Crippen LogP contribution in [0.1, 0.15) is 35.6 Å². The molecule has 1 atom stereocenters. The predicted molar refractivity (Wildman–Crippen MR) is 97.6 cm³/mol. The summed E-state index contributed by atoms with van der Waals surface area (Å²) in [6, 6.07) is 7.14. The van der Waals surface area contributed by atoms with Crippen molar-refractivity contribution >= 4 is 18.3 Å². The van der Waals surface area contributed by atoms with Gasteiger partial charge >= 0.3 is 6.18 Å². The molecule has 0 radical (unpaired) electrons. The molecular weight excluding hydrogens is 381 g/mol. The van der Waals surface area contributed by atoms with Crippen LogP contribution in [-0.2, 0) is 24.1 Å². The number of rotatable bonds is 5. The Labute approximate surface area is 161 Å². The lowest BCUT2D eigenvalue weighted by molar-refractivity contribution is -0.138. The average Bonchev–Trinajstić information content (AvgIpc) is 3.08. The van der Waals surface area contributed by atoms with Gasteiger partial charge in [0.25, 0.3) is 0 Å². The number of halogens is 4. The number of carbonyl (C=O) groups is 1. The third-order valence-corrected chi connectivity index (χ3v) is 4.56. The molecule has 1 fully saturated rings. The summed E-state index contributed by atoms with van der Waals surface area (Å²) in [5, 5.41) is 10.1. The molecule has 1 aromatic carbocycles. The summed E-state index contributed by atoms with van der Waals surface area (Å²) >= 11 is 0. The Hall–Kier alpha value is -2.06. The average molecular weight is 403 g/mol. The van der Waals surface area contributed by atoms with Crippen LogP contribution in [0.15, 0.2) is 36.5 Å². The number of aromatic nitrogens is 2. The maximum absolute atomic E-state index is 13.0. The first kappa shape index (κ1) is 21.2. The molecule has 0 bridgehead atoms. The summed E-state index contributed by atoms with van der Waals surface area (Å²) in [6.07, 6.45) is -0.698. The van der Waals surface area contributed by atoms with Crippen LogP contribution in [0.2, 0.25) is 0 Å². The second-order valence-electron chi connectivity index (χ2n) is 6.39. The predicted octanol–water partition coefficient (Wildman–Crippen LogP) is 3.11. The van der Waals surface area contributed by atoms with Crippen molar-refractivity contribution in [2.24, 2.45) is 0 Å². The summed E-state index contributed by atoms with van der Waals surface area (Å²) in [5.41, 5.74) is 0.293. The minimum atomic E-state index is -4.44. The first-order chi connectivity index (χ1) is 12.4. The number of amides is 1. The first-order valence-corrected chi connectivity index (χ1v) is 8.59. The SMILES string of the molecule is Cl.O=C(Cn1nccc1C1CCCNC1)NCc1ccccc1C(F)(F)F. The summed E-state index contributed by atoms with van der Waals surface area (Å²) in [5.74, 6) is -0.0688. The fourth-order valence-corrected chi connectivity index (χ4v) is 3.26. The molecular formula is C18H22ClF3N4O. The molecule has 1 unspecified atom stereocenters. The van der Waals surface area contributed by atoms with Crippen molar-refractivity contribution in [1.29, 1.82) is 0 Å². The number of benzene rings is 1. The van der Waals surface area contributed by atoms with E-state index in [-0.39, 0.29) is 37.0 Å². The molecule has 1 saturated heterocycles. The Balaban J connectivity index is 0.00000261. The second kappa shape index (κ2) is 9.23. The Morgan fingerprint density at radius 3 is 2.78 bits per heavy atom. The Morgan fingerprint density at radius 2 is 2.07 bits per heavy atom. The fourth-order valence-electron chi connectivity index (χ4n) is 3.26. The number of piperidine rings is 1. The van der Waals surface area contributed by atoms with Gasteiger partial charge in [0, 0.05) is 30.9 Å². The molecule has 2 aromatic rings. The minimum Gasteiger partial charge on any atom is -0.350 e. The van der Waals surface area contributed by atoms with Crippen LogP contribution in [0, 0.1) is 0 Å². The highest BCUT2D eigenvalue weighted by Gasteiger charge is 2.32. The van der Waals surface area contributed by atoms with Crippen molar-refractivity contribution in [1.82, 2.24) is 20.4 Å². The highest BCUT2D eigenvalue weighted by Crippen LogP contribution is 2.31. The molecule has 1 amide bonds. The molecule has 0 aliphatic carbocycles. The zero-order valence-electron chi connectivity index (χ0n) is 14.6. The molecule has 1 aliphatic rings. The molecule has 3 rings (SSSR count). The lowest BCUT2D eigenvalue weighted by atomic mass is 9.96. The zero-order chi connectivity index (χ0) is 18.6. The van der Waals surface area contributed by atoms with Crippen LogP contribution in [-0.4, -0.2) is 28.8 Å². The summed E-state index contributed by atoms with van der Waals surface area (Å²) in [6.45, 7) is 1.65. The highest BCUT2D eigenvalue weighted by molar-refractivity contribution is 5.85. The van der Waals surface area contributed by atoms with Gasteiger partial charge in [0.05, 0.1) is 5.56 Å². The molecule has 1 aliphatic heterocycles. The number of alkyl halides is 3. The lowest BCUT2D eigenvalue weighted by Crippen LogP contribution is -2.32. The number of carbonyl (C=O) groups excluding carboxylic acids is 1. The van der Waals surface area contributed by atoms with Crippen molar-refractivity contribution < 1.29 is 18.0 Å². The van der Waals surface area contributed by atoms with E-state index in [4.69, 9.17) is 0 Å². The van der Waals surface area contributed by atoms with Gasteiger partial charge in [-0.3, -0.25) is 9.48 Å². The third-order valence-electron chi connectivity index (χ3n) is 4.56. The van der Waals surface area contributed by atoms with Crippen molar-refractivity contribution in [3.8, 4) is 0 Å². The van der Waals surface area contributed by atoms with E-state index in [1.165, 1.54) is 18.2 Å². The van der Waals surface area contributed by atoms with Crippen LogP contribution in [0.5, 0.6) is 0 Å². The molecule has 1 aromatic heterocycles. The largest absolute Gasteiger partial charge is 0.416 e. The van der Waals surface area contributed by atoms with Crippen LogP contribution < -0.4 is 10.6 Å². The van der Waals surface area contributed by atoms with E-state index < -0.39 is 11.7 Å². The van der Waals surface area contributed by atoms with Gasteiger partial charge in [0.15, 0.2) is 0 Å². The normalized spacial score (nSPS) is 17.2. The number of nitrogens with one attached hydrogen (secondary N) is 2. The molecule has 0 saturated carbocycles. The Bertz CT molecular complexity index is 757. The van der Waals surface area contributed by atoms with Crippen molar-refractivity contribution in [2.45, 2.75) is 38.0 Å².